The summed E-state index contributed by atoms with van der Waals surface area (Å²) in [7, 11) is 1.57. The molecule has 1 saturated heterocycles. The molecule has 3 N–H and O–H groups in total. The van der Waals surface area contributed by atoms with Crippen LogP contribution < -0.4 is 15.8 Å². The molecule has 1 aromatic carbocycles. The highest BCUT2D eigenvalue weighted by Crippen LogP contribution is 2.27. The first kappa shape index (κ1) is 16.0. The first-order chi connectivity index (χ1) is 8.70. The van der Waals surface area contributed by atoms with Crippen molar-refractivity contribution in [2.75, 3.05) is 29.7 Å². The molecule has 4 nitrogen and oxygen atoms in total. The Morgan fingerprint density at radius 3 is 2.68 bits per heavy atom. The lowest BCUT2D eigenvalue weighted by molar-refractivity contribution is -0.120. The van der Waals surface area contributed by atoms with Crippen molar-refractivity contribution in [2.45, 2.75) is 12.8 Å². The maximum absolute atomic E-state index is 12.0. The summed E-state index contributed by atoms with van der Waals surface area (Å²) in [5.41, 5.74) is 7.08. The number of carbonyl (C=O) groups excluding carboxylic acids is 1. The molecule has 1 fully saturated rings. The number of anilines is 2. The largest absolute Gasteiger partial charge is 0.495 e. The molecule has 1 amide bonds. The number of nitrogens with two attached hydrogens (primary N) is 1. The van der Waals surface area contributed by atoms with Gasteiger partial charge in [-0.25, -0.2) is 0 Å². The fourth-order valence-electron chi connectivity index (χ4n) is 2.02. The molecule has 0 bridgehead atoms. The van der Waals surface area contributed by atoms with Crippen molar-refractivity contribution < 1.29 is 9.53 Å². The number of methoxy groups -OCH3 is 1. The molecule has 0 aliphatic carbocycles. The van der Waals surface area contributed by atoms with Crippen molar-refractivity contribution in [3.63, 3.8) is 0 Å². The number of nitrogens with one attached hydrogen (secondary N) is 1. The number of hydrogen-bond donors (Lipinski definition) is 2. The van der Waals surface area contributed by atoms with E-state index in [2.05, 4.69) is 5.32 Å². The zero-order valence-electron chi connectivity index (χ0n) is 10.8. The van der Waals surface area contributed by atoms with E-state index in [4.69, 9.17) is 10.5 Å². The zero-order valence-corrected chi connectivity index (χ0v) is 12.5. The Kier molecular flexibility index (Phi) is 6.31. The van der Waals surface area contributed by atoms with Gasteiger partial charge in [-0.2, -0.15) is 11.8 Å². The van der Waals surface area contributed by atoms with Gasteiger partial charge in [0.25, 0.3) is 0 Å². The topological polar surface area (TPSA) is 64.3 Å². The average molecular weight is 303 g/mol. The summed E-state index contributed by atoms with van der Waals surface area (Å²) in [6.07, 6.45) is 1.92. The zero-order chi connectivity index (χ0) is 13.0. The Bertz CT molecular complexity index is 437. The fourth-order valence-corrected chi connectivity index (χ4v) is 3.12. The Morgan fingerprint density at radius 1 is 1.42 bits per heavy atom. The highest BCUT2D eigenvalue weighted by atomic mass is 35.5. The Balaban J connectivity index is 0.00000180. The van der Waals surface area contributed by atoms with E-state index >= 15 is 0 Å². The number of carbonyl (C=O) groups is 1. The van der Waals surface area contributed by atoms with Crippen LogP contribution in [0.3, 0.4) is 0 Å². The monoisotopic (exact) mass is 302 g/mol. The predicted octanol–water partition coefficient (Wildman–Crippen LogP) is 2.78. The molecule has 0 atom stereocenters. The normalized spacial score (nSPS) is 15.4. The third-order valence-electron chi connectivity index (χ3n) is 3.09. The molecular formula is C13H19ClN2O2S. The van der Waals surface area contributed by atoms with E-state index in [1.165, 1.54) is 0 Å². The van der Waals surface area contributed by atoms with Gasteiger partial charge in [-0.15, -0.1) is 12.4 Å². The Labute approximate surface area is 123 Å². The van der Waals surface area contributed by atoms with Gasteiger partial charge < -0.3 is 15.8 Å². The second kappa shape index (κ2) is 7.50. The van der Waals surface area contributed by atoms with Crippen molar-refractivity contribution in [3.05, 3.63) is 18.2 Å². The summed E-state index contributed by atoms with van der Waals surface area (Å²) in [6.45, 7) is 0. The molecule has 1 aliphatic heterocycles. The number of amides is 1. The summed E-state index contributed by atoms with van der Waals surface area (Å²) in [6, 6.07) is 5.31. The van der Waals surface area contributed by atoms with E-state index in [-0.39, 0.29) is 24.2 Å². The Hall–Kier alpha value is -1.07. The molecule has 0 spiro atoms. The lowest BCUT2D eigenvalue weighted by Gasteiger charge is -2.20. The van der Waals surface area contributed by atoms with Crippen LogP contribution in [0.15, 0.2) is 18.2 Å². The molecule has 0 radical (unpaired) electrons. The standard InChI is InChI=1S/C13H18N2O2S.ClH/c1-17-12-3-2-10(8-11(12)14)15-13(16)9-4-6-18-7-5-9;/h2-3,8-9H,4-7,14H2,1H3,(H,15,16);1H. The summed E-state index contributed by atoms with van der Waals surface area (Å²) >= 11 is 1.91. The van der Waals surface area contributed by atoms with Crippen LogP contribution >= 0.6 is 24.2 Å². The molecule has 106 valence electrons. The van der Waals surface area contributed by atoms with Crippen molar-refractivity contribution in [1.29, 1.82) is 0 Å². The molecule has 1 aliphatic rings. The maximum atomic E-state index is 12.0. The second-order valence-electron chi connectivity index (χ2n) is 4.33. The van der Waals surface area contributed by atoms with Gasteiger partial charge in [0.15, 0.2) is 0 Å². The van der Waals surface area contributed by atoms with Crippen molar-refractivity contribution in [2.24, 2.45) is 5.92 Å². The minimum absolute atomic E-state index is 0. The van der Waals surface area contributed by atoms with Gasteiger partial charge in [-0.1, -0.05) is 0 Å². The molecule has 6 heteroatoms. The SMILES string of the molecule is COc1ccc(NC(=O)C2CCSCC2)cc1N.Cl. The van der Waals surface area contributed by atoms with Crippen LogP contribution in [0.1, 0.15) is 12.8 Å². The van der Waals surface area contributed by atoms with Crippen LogP contribution in [0.25, 0.3) is 0 Å². The fraction of sp³-hybridized carbons (Fsp3) is 0.462. The minimum atomic E-state index is 0. The number of nitrogen functional groups attached to an aromatic ring is 1. The summed E-state index contributed by atoms with van der Waals surface area (Å²) in [4.78, 5) is 12.0. The number of hydrogen-bond acceptors (Lipinski definition) is 4. The second-order valence-corrected chi connectivity index (χ2v) is 5.56. The molecule has 2 rings (SSSR count). The van der Waals surface area contributed by atoms with Crippen molar-refractivity contribution in [1.82, 2.24) is 0 Å². The number of rotatable bonds is 3. The lowest BCUT2D eigenvalue weighted by atomic mass is 10.0. The van der Waals surface area contributed by atoms with Gasteiger partial charge >= 0.3 is 0 Å². The quantitative estimate of drug-likeness (QED) is 0.843. The average Bonchev–Trinajstić information content (AvgIpc) is 2.40. The minimum Gasteiger partial charge on any atom is -0.495 e. The van der Waals surface area contributed by atoms with Gasteiger partial charge in [0, 0.05) is 11.6 Å². The van der Waals surface area contributed by atoms with Gasteiger partial charge in [0.1, 0.15) is 5.75 Å². The maximum Gasteiger partial charge on any atom is 0.227 e. The summed E-state index contributed by atoms with van der Waals surface area (Å²) in [5.74, 6) is 3.00. The van der Waals surface area contributed by atoms with Crippen molar-refractivity contribution >= 4 is 41.5 Å². The van der Waals surface area contributed by atoms with E-state index in [1.54, 1.807) is 19.2 Å². The van der Waals surface area contributed by atoms with E-state index in [1.807, 2.05) is 17.8 Å². The van der Waals surface area contributed by atoms with Gasteiger partial charge in [0.05, 0.1) is 12.8 Å². The summed E-state index contributed by atoms with van der Waals surface area (Å²) in [5, 5.41) is 2.92. The summed E-state index contributed by atoms with van der Waals surface area (Å²) < 4.78 is 5.08. The first-order valence-corrected chi connectivity index (χ1v) is 7.18. The van der Waals surface area contributed by atoms with E-state index < -0.39 is 0 Å². The van der Waals surface area contributed by atoms with Gasteiger partial charge in [-0.3, -0.25) is 4.79 Å². The number of halogens is 1. The molecule has 0 saturated carbocycles. The number of benzene rings is 1. The van der Waals surface area contributed by atoms with Crippen LogP contribution in [0, 0.1) is 5.92 Å². The van der Waals surface area contributed by atoms with E-state index in [9.17, 15) is 4.79 Å². The molecular weight excluding hydrogens is 284 g/mol. The predicted molar refractivity (Wildman–Crippen MR) is 83.3 cm³/mol. The lowest BCUT2D eigenvalue weighted by Crippen LogP contribution is -2.26. The van der Waals surface area contributed by atoms with Gasteiger partial charge in [-0.05, 0) is 42.5 Å². The highest BCUT2D eigenvalue weighted by Gasteiger charge is 2.21. The third-order valence-corrected chi connectivity index (χ3v) is 4.14. The Morgan fingerprint density at radius 2 is 2.11 bits per heavy atom. The molecule has 19 heavy (non-hydrogen) atoms. The van der Waals surface area contributed by atoms with E-state index in [0.717, 1.165) is 30.0 Å². The number of ether oxygens (including phenoxy) is 1. The highest BCUT2D eigenvalue weighted by molar-refractivity contribution is 7.99. The van der Waals surface area contributed by atoms with Crippen LogP contribution in [0.2, 0.25) is 0 Å². The van der Waals surface area contributed by atoms with Gasteiger partial charge in [0.2, 0.25) is 5.91 Å². The molecule has 0 aromatic heterocycles. The number of thioether (sulfide) groups is 1. The van der Waals surface area contributed by atoms with Crippen LogP contribution in [0.4, 0.5) is 11.4 Å². The van der Waals surface area contributed by atoms with Crippen LogP contribution in [-0.2, 0) is 4.79 Å². The van der Waals surface area contributed by atoms with E-state index in [0.29, 0.717) is 11.4 Å². The first-order valence-electron chi connectivity index (χ1n) is 6.03. The molecule has 1 heterocycles. The molecule has 0 unspecified atom stereocenters. The van der Waals surface area contributed by atoms with Crippen LogP contribution in [0.5, 0.6) is 5.75 Å². The smallest absolute Gasteiger partial charge is 0.227 e. The van der Waals surface area contributed by atoms with Crippen molar-refractivity contribution in [3.8, 4) is 5.75 Å². The third kappa shape index (κ3) is 4.21. The van der Waals surface area contributed by atoms with Crippen LogP contribution in [-0.4, -0.2) is 24.5 Å². The molecule has 1 aromatic rings.